The molecule has 19 heavy (non-hydrogen) atoms. The topological polar surface area (TPSA) is 28.2 Å². The Bertz CT molecular complexity index is 348. The van der Waals surface area contributed by atoms with Crippen LogP contribution in [-0.2, 0) is 6.54 Å². The fourth-order valence-electron chi connectivity index (χ4n) is 2.33. The molecule has 0 aliphatic carbocycles. The van der Waals surface area contributed by atoms with Crippen molar-refractivity contribution in [2.75, 3.05) is 25.0 Å². The van der Waals surface area contributed by atoms with E-state index in [0.717, 1.165) is 31.2 Å². The molecule has 0 atom stereocenters. The lowest BCUT2D eigenvalue weighted by molar-refractivity contribution is 0.224. The number of hydrogen-bond acceptors (Lipinski definition) is 3. The molecule has 3 heteroatoms. The van der Waals surface area contributed by atoms with Crippen LogP contribution in [0.5, 0.6) is 0 Å². The fourth-order valence-corrected chi connectivity index (χ4v) is 2.33. The second kappa shape index (κ2) is 8.92. The van der Waals surface area contributed by atoms with Crippen molar-refractivity contribution in [3.05, 3.63) is 24.0 Å². The lowest BCUT2D eigenvalue weighted by Gasteiger charge is -2.25. The average molecular weight is 263 g/mol. The molecule has 1 aromatic rings. The van der Waals surface area contributed by atoms with Gasteiger partial charge in [0.2, 0.25) is 0 Å². The second-order valence-electron chi connectivity index (χ2n) is 5.08. The summed E-state index contributed by atoms with van der Waals surface area (Å²) < 4.78 is 0. The fraction of sp³-hybridized carbons (Fsp3) is 0.688. The molecule has 3 nitrogen and oxygen atoms in total. The zero-order chi connectivity index (χ0) is 14.1. The Morgan fingerprint density at radius 1 is 1.21 bits per heavy atom. The molecule has 1 aromatic heterocycles. The molecule has 1 heterocycles. The van der Waals surface area contributed by atoms with E-state index in [1.807, 2.05) is 12.3 Å². The maximum atomic E-state index is 4.49. The van der Waals surface area contributed by atoms with Gasteiger partial charge in [0.1, 0.15) is 0 Å². The van der Waals surface area contributed by atoms with Gasteiger partial charge in [-0.3, -0.25) is 9.88 Å². The van der Waals surface area contributed by atoms with Gasteiger partial charge in [-0.1, -0.05) is 33.6 Å². The second-order valence-corrected chi connectivity index (χ2v) is 5.08. The molecule has 0 radical (unpaired) electrons. The van der Waals surface area contributed by atoms with E-state index in [0.29, 0.717) is 0 Å². The molecule has 1 N–H and O–H groups in total. The van der Waals surface area contributed by atoms with Crippen molar-refractivity contribution in [2.24, 2.45) is 5.92 Å². The zero-order valence-electron chi connectivity index (χ0n) is 12.9. The van der Waals surface area contributed by atoms with Gasteiger partial charge < -0.3 is 5.32 Å². The van der Waals surface area contributed by atoms with E-state index in [1.165, 1.54) is 25.1 Å². The summed E-state index contributed by atoms with van der Waals surface area (Å²) >= 11 is 0. The van der Waals surface area contributed by atoms with Crippen molar-refractivity contribution < 1.29 is 0 Å². The SMILES string of the molecule is CCNc1ccnc(CN(CC)CC(CC)CC)c1. The summed E-state index contributed by atoms with van der Waals surface area (Å²) in [5.41, 5.74) is 2.33. The lowest BCUT2D eigenvalue weighted by atomic mass is 10.0. The summed E-state index contributed by atoms with van der Waals surface area (Å²) in [5.74, 6) is 0.803. The number of aromatic nitrogens is 1. The van der Waals surface area contributed by atoms with Gasteiger partial charge in [-0.25, -0.2) is 0 Å². The first-order valence-corrected chi connectivity index (χ1v) is 7.64. The smallest absolute Gasteiger partial charge is 0.0564 e. The molecule has 0 aliphatic rings. The van der Waals surface area contributed by atoms with E-state index < -0.39 is 0 Å². The van der Waals surface area contributed by atoms with Crippen molar-refractivity contribution >= 4 is 5.69 Å². The first-order chi connectivity index (χ1) is 9.23. The van der Waals surface area contributed by atoms with E-state index in [9.17, 15) is 0 Å². The van der Waals surface area contributed by atoms with Crippen LogP contribution < -0.4 is 5.32 Å². The van der Waals surface area contributed by atoms with E-state index in [2.05, 4.69) is 49.0 Å². The highest BCUT2D eigenvalue weighted by atomic mass is 15.1. The molecular formula is C16H29N3. The molecule has 0 bridgehead atoms. The minimum atomic E-state index is 0.803. The summed E-state index contributed by atoms with van der Waals surface area (Å²) in [7, 11) is 0. The van der Waals surface area contributed by atoms with Crippen LogP contribution in [0, 0.1) is 5.92 Å². The van der Waals surface area contributed by atoms with Crippen LogP contribution in [0.2, 0.25) is 0 Å². The normalized spacial score (nSPS) is 11.3. The average Bonchev–Trinajstić information content (AvgIpc) is 2.44. The number of hydrogen-bond donors (Lipinski definition) is 1. The van der Waals surface area contributed by atoms with E-state index in [4.69, 9.17) is 0 Å². The van der Waals surface area contributed by atoms with Gasteiger partial charge in [0, 0.05) is 31.5 Å². The molecule has 0 unspecified atom stereocenters. The standard InChI is InChI=1S/C16H29N3/c1-5-14(6-2)12-19(8-4)13-16-11-15(17-7-3)9-10-18-16/h9-11,14H,5-8,12-13H2,1-4H3,(H,17,18). The van der Waals surface area contributed by atoms with Crippen molar-refractivity contribution in [1.82, 2.24) is 9.88 Å². The molecule has 0 aliphatic heterocycles. The van der Waals surface area contributed by atoms with Crippen LogP contribution in [0.1, 0.15) is 46.2 Å². The van der Waals surface area contributed by atoms with Crippen molar-refractivity contribution in [3.8, 4) is 0 Å². The van der Waals surface area contributed by atoms with Crippen LogP contribution in [0.4, 0.5) is 5.69 Å². The Labute approximate surface area is 118 Å². The van der Waals surface area contributed by atoms with E-state index >= 15 is 0 Å². The van der Waals surface area contributed by atoms with Gasteiger partial charge in [0.25, 0.3) is 0 Å². The van der Waals surface area contributed by atoms with Crippen LogP contribution in [0.25, 0.3) is 0 Å². The van der Waals surface area contributed by atoms with Gasteiger partial charge in [0.15, 0.2) is 0 Å². The zero-order valence-corrected chi connectivity index (χ0v) is 12.9. The molecular weight excluding hydrogens is 234 g/mol. The monoisotopic (exact) mass is 263 g/mol. The van der Waals surface area contributed by atoms with Gasteiger partial charge >= 0.3 is 0 Å². The highest BCUT2D eigenvalue weighted by molar-refractivity contribution is 5.42. The van der Waals surface area contributed by atoms with Gasteiger partial charge in [-0.15, -0.1) is 0 Å². The van der Waals surface area contributed by atoms with Crippen molar-refractivity contribution in [2.45, 2.75) is 47.1 Å². The van der Waals surface area contributed by atoms with Crippen molar-refractivity contribution in [1.29, 1.82) is 0 Å². The third-order valence-electron chi connectivity index (χ3n) is 3.70. The van der Waals surface area contributed by atoms with Gasteiger partial charge in [0.05, 0.1) is 5.69 Å². The Morgan fingerprint density at radius 2 is 1.95 bits per heavy atom. The summed E-state index contributed by atoms with van der Waals surface area (Å²) in [4.78, 5) is 6.98. The quantitative estimate of drug-likeness (QED) is 0.735. The number of anilines is 1. The van der Waals surface area contributed by atoms with Crippen LogP contribution in [-0.4, -0.2) is 29.5 Å². The third kappa shape index (κ3) is 5.60. The highest BCUT2D eigenvalue weighted by Gasteiger charge is 2.11. The predicted molar refractivity (Wildman–Crippen MR) is 83.4 cm³/mol. The molecule has 108 valence electrons. The van der Waals surface area contributed by atoms with E-state index in [-0.39, 0.29) is 0 Å². The highest BCUT2D eigenvalue weighted by Crippen LogP contribution is 2.14. The molecule has 0 aromatic carbocycles. The Hall–Kier alpha value is -1.09. The molecule has 0 spiro atoms. The van der Waals surface area contributed by atoms with Gasteiger partial charge in [-0.2, -0.15) is 0 Å². The predicted octanol–water partition coefficient (Wildman–Crippen LogP) is 3.77. The summed E-state index contributed by atoms with van der Waals surface area (Å²) in [6, 6.07) is 4.20. The molecule has 0 amide bonds. The first kappa shape index (κ1) is 16.0. The Kier molecular flexibility index (Phi) is 7.49. The summed E-state index contributed by atoms with van der Waals surface area (Å²) in [6.45, 7) is 13.1. The van der Waals surface area contributed by atoms with Crippen LogP contribution >= 0.6 is 0 Å². The Morgan fingerprint density at radius 3 is 2.53 bits per heavy atom. The van der Waals surface area contributed by atoms with Crippen molar-refractivity contribution in [3.63, 3.8) is 0 Å². The molecule has 0 saturated carbocycles. The largest absolute Gasteiger partial charge is 0.385 e. The maximum Gasteiger partial charge on any atom is 0.0564 e. The maximum absolute atomic E-state index is 4.49. The third-order valence-corrected chi connectivity index (χ3v) is 3.70. The molecule has 0 fully saturated rings. The Balaban J connectivity index is 2.61. The van der Waals surface area contributed by atoms with Crippen LogP contribution in [0.3, 0.4) is 0 Å². The number of nitrogens with zero attached hydrogens (tertiary/aromatic N) is 2. The first-order valence-electron chi connectivity index (χ1n) is 7.64. The minimum absolute atomic E-state index is 0.803. The van der Waals surface area contributed by atoms with E-state index in [1.54, 1.807) is 0 Å². The summed E-state index contributed by atoms with van der Waals surface area (Å²) in [5, 5.41) is 3.34. The lowest BCUT2D eigenvalue weighted by Crippen LogP contribution is -2.29. The van der Waals surface area contributed by atoms with Gasteiger partial charge in [-0.05, 0) is 31.5 Å². The number of pyridine rings is 1. The molecule has 1 rings (SSSR count). The summed E-state index contributed by atoms with van der Waals surface area (Å²) in [6.07, 6.45) is 4.42. The van der Waals surface area contributed by atoms with Crippen LogP contribution in [0.15, 0.2) is 18.3 Å². The molecule has 0 saturated heterocycles. The number of rotatable bonds is 9. The number of nitrogens with one attached hydrogen (secondary N) is 1. The minimum Gasteiger partial charge on any atom is -0.385 e.